The van der Waals surface area contributed by atoms with Gasteiger partial charge < -0.3 is 21.0 Å². The molecular formula is C9H17N5O2. The molecule has 7 nitrogen and oxygen atoms in total. The van der Waals surface area contributed by atoms with Crippen LogP contribution in [0, 0.1) is 13.8 Å². The van der Waals surface area contributed by atoms with Gasteiger partial charge in [-0.05, 0) is 13.8 Å². The second-order valence-electron chi connectivity index (χ2n) is 3.45. The number of aryl methyl sites for hydroxylation is 1. The standard InChI is InChI=1S/C9H17N5O2/c1-5-8(11-3-7(16)4-15)12-6(2)13-9(5)14-10/h7,15-16H,3-4,10H2,1-2H3,(H2,11,12,13,14). The van der Waals surface area contributed by atoms with E-state index in [1.807, 2.05) is 6.92 Å². The molecule has 0 spiro atoms. The van der Waals surface area contributed by atoms with E-state index in [1.165, 1.54) is 0 Å². The van der Waals surface area contributed by atoms with Crippen LogP contribution in [-0.2, 0) is 0 Å². The first kappa shape index (κ1) is 12.6. The Balaban J connectivity index is 2.83. The van der Waals surface area contributed by atoms with Crippen molar-refractivity contribution in [3.63, 3.8) is 0 Å². The number of aromatic nitrogens is 2. The monoisotopic (exact) mass is 227 g/mol. The molecule has 90 valence electrons. The summed E-state index contributed by atoms with van der Waals surface area (Å²) in [6.45, 7) is 3.48. The Labute approximate surface area is 93.7 Å². The number of nitrogen functional groups attached to an aromatic ring is 1. The number of aliphatic hydroxyl groups is 2. The van der Waals surface area contributed by atoms with Gasteiger partial charge in [-0.1, -0.05) is 0 Å². The van der Waals surface area contributed by atoms with E-state index < -0.39 is 6.10 Å². The van der Waals surface area contributed by atoms with E-state index in [0.29, 0.717) is 17.5 Å². The van der Waals surface area contributed by atoms with Gasteiger partial charge in [0.25, 0.3) is 0 Å². The van der Waals surface area contributed by atoms with E-state index in [-0.39, 0.29) is 13.2 Å². The Kier molecular flexibility index (Phi) is 4.41. The summed E-state index contributed by atoms with van der Waals surface area (Å²) < 4.78 is 0. The molecule has 6 N–H and O–H groups in total. The van der Waals surface area contributed by atoms with Gasteiger partial charge in [0.2, 0.25) is 0 Å². The van der Waals surface area contributed by atoms with Crippen molar-refractivity contribution in [1.29, 1.82) is 0 Å². The van der Waals surface area contributed by atoms with Crippen LogP contribution in [0.3, 0.4) is 0 Å². The van der Waals surface area contributed by atoms with Crippen LogP contribution in [0.2, 0.25) is 0 Å². The molecule has 1 aromatic heterocycles. The summed E-state index contributed by atoms with van der Waals surface area (Å²) in [6, 6.07) is 0. The molecule has 16 heavy (non-hydrogen) atoms. The van der Waals surface area contributed by atoms with Crippen molar-refractivity contribution in [2.75, 3.05) is 23.9 Å². The number of rotatable bonds is 5. The molecule has 0 aliphatic carbocycles. The fourth-order valence-electron chi connectivity index (χ4n) is 1.22. The number of hydrazine groups is 1. The largest absolute Gasteiger partial charge is 0.394 e. The SMILES string of the molecule is Cc1nc(NN)c(C)c(NCC(O)CO)n1. The molecule has 0 aliphatic rings. The van der Waals surface area contributed by atoms with E-state index in [1.54, 1.807) is 6.92 Å². The summed E-state index contributed by atoms with van der Waals surface area (Å²) in [5.74, 6) is 7.01. The third kappa shape index (κ3) is 3.02. The molecule has 1 atom stereocenters. The van der Waals surface area contributed by atoms with Crippen LogP contribution in [0.5, 0.6) is 0 Å². The van der Waals surface area contributed by atoms with E-state index in [4.69, 9.17) is 10.9 Å². The topological polar surface area (TPSA) is 116 Å². The van der Waals surface area contributed by atoms with Crippen molar-refractivity contribution in [3.8, 4) is 0 Å². The Hall–Kier alpha value is -1.44. The maximum Gasteiger partial charge on any atom is 0.148 e. The van der Waals surface area contributed by atoms with Gasteiger partial charge in [-0.15, -0.1) is 0 Å². The summed E-state index contributed by atoms with van der Waals surface area (Å²) in [7, 11) is 0. The second-order valence-corrected chi connectivity index (χ2v) is 3.45. The zero-order chi connectivity index (χ0) is 12.1. The highest BCUT2D eigenvalue weighted by Crippen LogP contribution is 2.18. The quantitative estimate of drug-likeness (QED) is 0.328. The molecular weight excluding hydrogens is 210 g/mol. The minimum Gasteiger partial charge on any atom is -0.394 e. The minimum absolute atomic E-state index is 0.220. The highest BCUT2D eigenvalue weighted by Gasteiger charge is 2.09. The smallest absolute Gasteiger partial charge is 0.148 e. The van der Waals surface area contributed by atoms with Crippen LogP contribution >= 0.6 is 0 Å². The fourth-order valence-corrected chi connectivity index (χ4v) is 1.22. The number of nitrogens with two attached hydrogens (primary N) is 1. The number of nitrogens with one attached hydrogen (secondary N) is 2. The summed E-state index contributed by atoms with van der Waals surface area (Å²) >= 11 is 0. The van der Waals surface area contributed by atoms with Crippen molar-refractivity contribution in [3.05, 3.63) is 11.4 Å². The summed E-state index contributed by atoms with van der Waals surface area (Å²) in [5, 5.41) is 20.8. The zero-order valence-electron chi connectivity index (χ0n) is 9.36. The van der Waals surface area contributed by atoms with Crippen LogP contribution in [0.25, 0.3) is 0 Å². The molecule has 0 radical (unpaired) electrons. The fraction of sp³-hybridized carbons (Fsp3) is 0.556. The molecule has 1 unspecified atom stereocenters. The molecule has 0 aromatic carbocycles. The average molecular weight is 227 g/mol. The molecule has 0 saturated heterocycles. The summed E-state index contributed by atoms with van der Waals surface area (Å²) in [6.07, 6.45) is -0.816. The van der Waals surface area contributed by atoms with Crippen molar-refractivity contribution in [1.82, 2.24) is 9.97 Å². The lowest BCUT2D eigenvalue weighted by atomic mass is 10.3. The Morgan fingerprint density at radius 1 is 1.31 bits per heavy atom. The number of hydrogen-bond donors (Lipinski definition) is 5. The minimum atomic E-state index is -0.816. The predicted molar refractivity (Wildman–Crippen MR) is 60.9 cm³/mol. The van der Waals surface area contributed by atoms with Crippen LogP contribution in [0.15, 0.2) is 0 Å². The van der Waals surface area contributed by atoms with Gasteiger partial charge in [0.05, 0.1) is 12.7 Å². The molecule has 0 aliphatic heterocycles. The van der Waals surface area contributed by atoms with Crippen LogP contribution in [0.4, 0.5) is 11.6 Å². The van der Waals surface area contributed by atoms with Crippen molar-refractivity contribution in [2.24, 2.45) is 5.84 Å². The lowest BCUT2D eigenvalue weighted by Gasteiger charge is -2.14. The molecule has 1 heterocycles. The van der Waals surface area contributed by atoms with Gasteiger partial charge >= 0.3 is 0 Å². The normalized spacial score (nSPS) is 12.3. The highest BCUT2D eigenvalue weighted by molar-refractivity contribution is 5.56. The molecule has 0 fully saturated rings. The van der Waals surface area contributed by atoms with Gasteiger partial charge in [-0.3, -0.25) is 0 Å². The predicted octanol–water partition coefficient (Wildman–Crippen LogP) is -0.856. The Morgan fingerprint density at radius 3 is 2.50 bits per heavy atom. The van der Waals surface area contributed by atoms with Crippen molar-refractivity contribution >= 4 is 11.6 Å². The van der Waals surface area contributed by atoms with E-state index in [0.717, 1.165) is 5.56 Å². The lowest BCUT2D eigenvalue weighted by molar-refractivity contribution is 0.105. The number of nitrogens with zero attached hydrogens (tertiary/aromatic N) is 2. The van der Waals surface area contributed by atoms with Crippen molar-refractivity contribution < 1.29 is 10.2 Å². The summed E-state index contributed by atoms with van der Waals surface area (Å²) in [5.41, 5.74) is 3.24. The maximum absolute atomic E-state index is 9.21. The third-order valence-corrected chi connectivity index (χ3v) is 2.11. The molecule has 0 saturated carbocycles. The van der Waals surface area contributed by atoms with E-state index in [2.05, 4.69) is 20.7 Å². The number of hydrogen-bond acceptors (Lipinski definition) is 7. The van der Waals surface area contributed by atoms with Crippen LogP contribution in [0.1, 0.15) is 11.4 Å². The third-order valence-electron chi connectivity index (χ3n) is 2.11. The van der Waals surface area contributed by atoms with Gasteiger partial charge in [-0.2, -0.15) is 0 Å². The van der Waals surface area contributed by atoms with Crippen LogP contribution in [-0.4, -0.2) is 39.4 Å². The van der Waals surface area contributed by atoms with E-state index in [9.17, 15) is 5.11 Å². The lowest BCUT2D eigenvalue weighted by Crippen LogP contribution is -2.24. The highest BCUT2D eigenvalue weighted by atomic mass is 16.3. The van der Waals surface area contributed by atoms with Crippen LogP contribution < -0.4 is 16.6 Å². The van der Waals surface area contributed by atoms with Gasteiger partial charge in [0.15, 0.2) is 0 Å². The number of aliphatic hydroxyl groups excluding tert-OH is 2. The van der Waals surface area contributed by atoms with Gasteiger partial charge in [0.1, 0.15) is 17.5 Å². The average Bonchev–Trinajstić information content (AvgIpc) is 2.29. The first-order valence-electron chi connectivity index (χ1n) is 4.93. The first-order chi connectivity index (χ1) is 7.58. The molecule has 0 amide bonds. The second kappa shape index (κ2) is 5.59. The van der Waals surface area contributed by atoms with Crippen molar-refractivity contribution in [2.45, 2.75) is 20.0 Å². The number of anilines is 2. The zero-order valence-corrected chi connectivity index (χ0v) is 9.36. The van der Waals surface area contributed by atoms with Gasteiger partial charge in [-0.25, -0.2) is 15.8 Å². The molecule has 1 rings (SSSR count). The summed E-state index contributed by atoms with van der Waals surface area (Å²) in [4.78, 5) is 8.28. The first-order valence-corrected chi connectivity index (χ1v) is 4.93. The maximum atomic E-state index is 9.21. The van der Waals surface area contributed by atoms with Gasteiger partial charge in [0, 0.05) is 12.1 Å². The Bertz CT molecular complexity index is 358. The molecule has 7 heteroatoms. The molecule has 0 bridgehead atoms. The Morgan fingerprint density at radius 2 is 1.94 bits per heavy atom. The van der Waals surface area contributed by atoms with E-state index >= 15 is 0 Å². The molecule has 1 aromatic rings.